The van der Waals surface area contributed by atoms with Gasteiger partial charge in [-0.15, -0.1) is 11.3 Å². The third kappa shape index (κ3) is 8.61. The predicted octanol–water partition coefficient (Wildman–Crippen LogP) is 5.45. The van der Waals surface area contributed by atoms with Crippen molar-refractivity contribution in [2.45, 2.75) is 38.8 Å². The minimum absolute atomic E-state index is 0.0696. The van der Waals surface area contributed by atoms with E-state index in [9.17, 15) is 9.59 Å². The first-order chi connectivity index (χ1) is 20.0. The van der Waals surface area contributed by atoms with Crippen LogP contribution < -0.4 is 19.5 Å². The Morgan fingerprint density at radius 2 is 1.85 bits per heavy atom. The molecular formula is C31H39N3O6S. The summed E-state index contributed by atoms with van der Waals surface area (Å²) in [6, 6.07) is 16.7. The Bertz CT molecular complexity index is 1260. The molecule has 0 bridgehead atoms. The number of ether oxygens (including phenoxy) is 4. The van der Waals surface area contributed by atoms with E-state index in [0.717, 1.165) is 23.3 Å². The van der Waals surface area contributed by atoms with E-state index < -0.39 is 0 Å². The molecule has 1 aliphatic heterocycles. The molecule has 0 spiro atoms. The number of rotatable bonds is 14. The number of para-hydroxylation sites is 2. The Morgan fingerprint density at radius 1 is 1.02 bits per heavy atom. The van der Waals surface area contributed by atoms with Crippen LogP contribution in [0.25, 0.3) is 0 Å². The number of nitrogens with one attached hydrogen (secondary N) is 1. The number of amides is 3. The van der Waals surface area contributed by atoms with Gasteiger partial charge in [-0.3, -0.25) is 4.79 Å². The number of nitrogens with zero attached hydrogens (tertiary/aromatic N) is 2. The molecule has 220 valence electrons. The normalized spacial score (nSPS) is 14.4. The van der Waals surface area contributed by atoms with E-state index in [1.807, 2.05) is 65.7 Å². The summed E-state index contributed by atoms with van der Waals surface area (Å²) in [5, 5.41) is 4.95. The zero-order valence-electron chi connectivity index (χ0n) is 24.0. The lowest BCUT2D eigenvalue weighted by Gasteiger charge is -2.29. The maximum atomic E-state index is 13.8. The van der Waals surface area contributed by atoms with Crippen molar-refractivity contribution in [3.8, 4) is 17.2 Å². The lowest BCUT2D eigenvalue weighted by atomic mass is 10.1. The fourth-order valence-electron chi connectivity index (χ4n) is 4.75. The molecule has 41 heavy (non-hydrogen) atoms. The molecule has 2 heterocycles. The van der Waals surface area contributed by atoms with E-state index in [0.29, 0.717) is 62.2 Å². The van der Waals surface area contributed by atoms with Gasteiger partial charge in [0.2, 0.25) is 5.91 Å². The molecule has 1 saturated heterocycles. The van der Waals surface area contributed by atoms with Gasteiger partial charge in [-0.2, -0.15) is 0 Å². The molecule has 3 amide bonds. The third-order valence-electron chi connectivity index (χ3n) is 6.89. The van der Waals surface area contributed by atoms with E-state index in [4.69, 9.17) is 18.9 Å². The van der Waals surface area contributed by atoms with Gasteiger partial charge in [-0.25, -0.2) is 4.79 Å². The lowest BCUT2D eigenvalue weighted by molar-refractivity contribution is -0.132. The van der Waals surface area contributed by atoms with Gasteiger partial charge in [0.15, 0.2) is 11.5 Å². The molecule has 1 aliphatic rings. The number of carbonyl (C=O) groups excluding carboxylic acids is 2. The van der Waals surface area contributed by atoms with Crippen molar-refractivity contribution in [3.05, 3.63) is 70.4 Å². The first-order valence-corrected chi connectivity index (χ1v) is 14.8. The van der Waals surface area contributed by atoms with E-state index in [1.54, 1.807) is 36.5 Å². The van der Waals surface area contributed by atoms with Crippen LogP contribution in [0.15, 0.2) is 60.0 Å². The second-order valence-corrected chi connectivity index (χ2v) is 10.7. The first-order valence-electron chi connectivity index (χ1n) is 13.9. The highest BCUT2D eigenvalue weighted by Crippen LogP contribution is 2.28. The molecule has 9 nitrogen and oxygen atoms in total. The van der Waals surface area contributed by atoms with Crippen molar-refractivity contribution in [2.24, 2.45) is 0 Å². The summed E-state index contributed by atoms with van der Waals surface area (Å²) in [7, 11) is 3.21. The van der Waals surface area contributed by atoms with Gasteiger partial charge in [0.05, 0.1) is 39.2 Å². The molecular weight excluding hydrogens is 542 g/mol. The Balaban J connectivity index is 1.50. The maximum absolute atomic E-state index is 13.8. The largest absolute Gasteiger partial charge is 0.493 e. The van der Waals surface area contributed by atoms with Gasteiger partial charge in [0.25, 0.3) is 0 Å². The van der Waals surface area contributed by atoms with Gasteiger partial charge in [-0.1, -0.05) is 24.3 Å². The fraction of sp³-hybridized carbons (Fsp3) is 0.419. The molecule has 1 atom stereocenters. The Kier molecular flexibility index (Phi) is 11.3. The van der Waals surface area contributed by atoms with Crippen LogP contribution in [0.5, 0.6) is 17.2 Å². The van der Waals surface area contributed by atoms with Crippen molar-refractivity contribution in [1.29, 1.82) is 0 Å². The van der Waals surface area contributed by atoms with Crippen LogP contribution in [0.4, 0.5) is 10.5 Å². The second-order valence-electron chi connectivity index (χ2n) is 9.71. The summed E-state index contributed by atoms with van der Waals surface area (Å²) in [5.41, 5.74) is 1.58. The van der Waals surface area contributed by atoms with Crippen LogP contribution in [0.1, 0.15) is 30.2 Å². The Labute approximate surface area is 246 Å². The average Bonchev–Trinajstić information content (AvgIpc) is 3.70. The van der Waals surface area contributed by atoms with Gasteiger partial charge >= 0.3 is 6.03 Å². The average molecular weight is 582 g/mol. The van der Waals surface area contributed by atoms with Crippen molar-refractivity contribution in [3.63, 3.8) is 0 Å². The number of carbonyl (C=O) groups is 2. The highest BCUT2D eigenvalue weighted by Gasteiger charge is 2.27. The number of hydrogen-bond acceptors (Lipinski definition) is 7. The summed E-state index contributed by atoms with van der Waals surface area (Å²) in [5.74, 6) is 1.75. The number of hydrogen-bond donors (Lipinski definition) is 1. The van der Waals surface area contributed by atoms with E-state index in [2.05, 4.69) is 5.32 Å². The summed E-state index contributed by atoms with van der Waals surface area (Å²) < 4.78 is 22.3. The molecule has 0 aliphatic carbocycles. The van der Waals surface area contributed by atoms with Crippen molar-refractivity contribution < 1.29 is 28.5 Å². The highest BCUT2D eigenvalue weighted by atomic mass is 32.1. The fourth-order valence-corrected chi connectivity index (χ4v) is 5.46. The summed E-state index contributed by atoms with van der Waals surface area (Å²) in [4.78, 5) is 31.8. The molecule has 1 N–H and O–H groups in total. The predicted molar refractivity (Wildman–Crippen MR) is 160 cm³/mol. The smallest absolute Gasteiger partial charge is 0.322 e. The molecule has 2 aromatic carbocycles. The number of methoxy groups -OCH3 is 2. The molecule has 1 aromatic heterocycles. The third-order valence-corrected chi connectivity index (χ3v) is 7.75. The monoisotopic (exact) mass is 581 g/mol. The van der Waals surface area contributed by atoms with E-state index in [-0.39, 0.29) is 24.6 Å². The first kappa shape index (κ1) is 30.2. The van der Waals surface area contributed by atoms with Gasteiger partial charge in [0.1, 0.15) is 12.3 Å². The Morgan fingerprint density at radius 3 is 2.56 bits per heavy atom. The summed E-state index contributed by atoms with van der Waals surface area (Å²) >= 11 is 1.60. The van der Waals surface area contributed by atoms with Gasteiger partial charge in [-0.05, 0) is 67.5 Å². The zero-order valence-corrected chi connectivity index (χ0v) is 24.8. The van der Waals surface area contributed by atoms with E-state index in [1.165, 1.54) is 0 Å². The minimum Gasteiger partial charge on any atom is -0.493 e. The van der Waals surface area contributed by atoms with Crippen molar-refractivity contribution in [2.75, 3.05) is 52.4 Å². The molecule has 0 radical (unpaired) electrons. The van der Waals surface area contributed by atoms with Crippen LogP contribution in [0, 0.1) is 0 Å². The number of thiophene rings is 1. The number of anilines is 1. The SMILES string of the molecule is CCOc1ccccc1NC(=O)N(CC(=O)N(CCc1ccc(OC)c(OC)c1)Cc1cccs1)CC1CCCO1. The Hall–Kier alpha value is -3.76. The lowest BCUT2D eigenvalue weighted by Crippen LogP contribution is -2.47. The van der Waals surface area contributed by atoms with Crippen LogP contribution in [0.2, 0.25) is 0 Å². The molecule has 3 aromatic rings. The standard InChI is InChI=1S/C31H39N3O6S/c1-4-39-27-12-6-5-11-26(27)32-31(36)34(20-24-9-7-17-40-24)22-30(35)33(21-25-10-8-18-41-25)16-15-23-13-14-28(37-2)29(19-23)38-3/h5-6,8,10-14,18-19,24H,4,7,9,15-17,20-22H2,1-3H3,(H,32,36). The van der Waals surface area contributed by atoms with Crippen LogP contribution in [-0.4, -0.2) is 74.9 Å². The number of benzene rings is 2. The topological polar surface area (TPSA) is 89.6 Å². The molecule has 1 fully saturated rings. The summed E-state index contributed by atoms with van der Waals surface area (Å²) in [6.07, 6.45) is 2.31. The molecule has 10 heteroatoms. The quantitative estimate of drug-likeness (QED) is 0.272. The van der Waals surface area contributed by atoms with Crippen molar-refractivity contribution in [1.82, 2.24) is 9.80 Å². The molecule has 1 unspecified atom stereocenters. The maximum Gasteiger partial charge on any atom is 0.322 e. The van der Waals surface area contributed by atoms with Crippen LogP contribution in [0.3, 0.4) is 0 Å². The summed E-state index contributed by atoms with van der Waals surface area (Å²) in [6.45, 7) is 4.24. The van der Waals surface area contributed by atoms with Gasteiger partial charge < -0.3 is 34.1 Å². The molecule has 4 rings (SSSR count). The molecule has 0 saturated carbocycles. The zero-order chi connectivity index (χ0) is 29.0. The second kappa shape index (κ2) is 15.3. The van der Waals surface area contributed by atoms with Crippen LogP contribution in [-0.2, 0) is 22.5 Å². The van der Waals surface area contributed by atoms with Gasteiger partial charge in [0, 0.05) is 24.6 Å². The van der Waals surface area contributed by atoms with Crippen LogP contribution >= 0.6 is 11.3 Å². The van der Waals surface area contributed by atoms with E-state index >= 15 is 0 Å². The van der Waals surface area contributed by atoms with Crippen molar-refractivity contribution >= 4 is 29.0 Å². The highest BCUT2D eigenvalue weighted by molar-refractivity contribution is 7.09. The number of urea groups is 1. The minimum atomic E-state index is -0.364.